The van der Waals surface area contributed by atoms with Gasteiger partial charge in [-0.05, 0) is 25.1 Å². The lowest BCUT2D eigenvalue weighted by atomic mass is 10.1. The maximum Gasteiger partial charge on any atom is 0.356 e. The zero-order chi connectivity index (χ0) is 18.1. The van der Waals surface area contributed by atoms with E-state index in [1.165, 1.54) is 0 Å². The molecular weight excluding hydrogens is 393 g/mol. The summed E-state index contributed by atoms with van der Waals surface area (Å²) in [5.74, 6) is -0.0612. The fraction of sp³-hybridized carbons (Fsp3) is 0.133. The van der Waals surface area contributed by atoms with Crippen LogP contribution in [0, 0.1) is 0 Å². The van der Waals surface area contributed by atoms with Gasteiger partial charge in [0.2, 0.25) is 6.79 Å². The second-order valence-electron chi connectivity index (χ2n) is 4.94. The van der Waals surface area contributed by atoms with Crippen molar-refractivity contribution in [3.8, 4) is 11.5 Å². The second-order valence-corrected chi connectivity index (χ2v) is 6.05. The fourth-order valence-corrected chi connectivity index (χ4v) is 2.75. The molecule has 1 aromatic carbocycles. The van der Waals surface area contributed by atoms with Crippen LogP contribution in [-0.4, -0.2) is 28.6 Å². The SMILES string of the molecule is C/C(=N/Nc1c(Cl)c(Cl)nc(C(=O)O)c1Cl)c1ccc2c(c1)OCO2. The summed E-state index contributed by atoms with van der Waals surface area (Å²) < 4.78 is 10.6. The molecule has 0 atom stereocenters. The summed E-state index contributed by atoms with van der Waals surface area (Å²) in [4.78, 5) is 14.8. The Morgan fingerprint density at radius 2 is 1.96 bits per heavy atom. The van der Waals surface area contributed by atoms with E-state index in [9.17, 15) is 4.79 Å². The Hall–Kier alpha value is -2.22. The molecule has 1 aliphatic rings. The normalized spacial score (nSPS) is 13.0. The van der Waals surface area contributed by atoms with Crippen molar-refractivity contribution >= 4 is 52.2 Å². The Morgan fingerprint density at radius 1 is 1.24 bits per heavy atom. The minimum atomic E-state index is -1.33. The van der Waals surface area contributed by atoms with E-state index in [0.717, 1.165) is 5.56 Å². The number of ether oxygens (including phenoxy) is 2. The Labute approximate surface area is 157 Å². The van der Waals surface area contributed by atoms with Gasteiger partial charge in [-0.3, -0.25) is 5.43 Å². The second kappa shape index (κ2) is 6.95. The molecule has 0 saturated heterocycles. The summed E-state index contributed by atoms with van der Waals surface area (Å²) in [6.45, 7) is 1.92. The molecule has 0 aliphatic carbocycles. The lowest BCUT2D eigenvalue weighted by molar-refractivity contribution is 0.0691. The van der Waals surface area contributed by atoms with E-state index in [1.54, 1.807) is 25.1 Å². The number of halogens is 3. The summed E-state index contributed by atoms with van der Waals surface area (Å²) in [5, 5.41) is 12.9. The number of rotatable bonds is 4. The minimum absolute atomic E-state index is 0.0288. The predicted molar refractivity (Wildman–Crippen MR) is 94.6 cm³/mol. The van der Waals surface area contributed by atoms with E-state index in [2.05, 4.69) is 15.5 Å². The van der Waals surface area contributed by atoms with Crippen LogP contribution in [0.4, 0.5) is 5.69 Å². The molecule has 130 valence electrons. The van der Waals surface area contributed by atoms with Crippen molar-refractivity contribution in [2.45, 2.75) is 6.92 Å². The quantitative estimate of drug-likeness (QED) is 0.450. The zero-order valence-corrected chi connectivity index (χ0v) is 14.9. The number of nitrogens with zero attached hydrogens (tertiary/aromatic N) is 2. The van der Waals surface area contributed by atoms with E-state index in [-0.39, 0.29) is 27.7 Å². The highest BCUT2D eigenvalue weighted by molar-refractivity contribution is 6.46. The highest BCUT2D eigenvalue weighted by Gasteiger charge is 2.21. The maximum absolute atomic E-state index is 11.2. The third kappa shape index (κ3) is 3.44. The predicted octanol–water partition coefficient (Wildman–Crippen LogP) is 4.30. The number of hydrazone groups is 1. The molecule has 2 N–H and O–H groups in total. The summed E-state index contributed by atoms with van der Waals surface area (Å²) >= 11 is 17.9. The first-order valence-electron chi connectivity index (χ1n) is 6.86. The molecular formula is C15H10Cl3N3O4. The van der Waals surface area contributed by atoms with Gasteiger partial charge in [0.05, 0.1) is 11.4 Å². The molecule has 0 fully saturated rings. The number of carboxylic acid groups (broad SMARTS) is 1. The van der Waals surface area contributed by atoms with Gasteiger partial charge in [0.1, 0.15) is 10.0 Å². The molecule has 3 rings (SSSR count). The summed E-state index contributed by atoms with van der Waals surface area (Å²) in [7, 11) is 0. The van der Waals surface area contributed by atoms with Gasteiger partial charge < -0.3 is 14.6 Å². The van der Waals surface area contributed by atoms with Crippen LogP contribution in [0.1, 0.15) is 23.0 Å². The number of carboxylic acids is 1. The van der Waals surface area contributed by atoms with Crippen molar-refractivity contribution in [3.05, 3.63) is 44.7 Å². The molecule has 2 aromatic rings. The van der Waals surface area contributed by atoms with Gasteiger partial charge in [0.15, 0.2) is 22.3 Å². The topological polar surface area (TPSA) is 93.0 Å². The van der Waals surface area contributed by atoms with Crippen LogP contribution in [0.5, 0.6) is 11.5 Å². The highest BCUT2D eigenvalue weighted by Crippen LogP contribution is 2.37. The van der Waals surface area contributed by atoms with Crippen LogP contribution in [0.25, 0.3) is 0 Å². The van der Waals surface area contributed by atoms with Crippen LogP contribution < -0.4 is 14.9 Å². The van der Waals surface area contributed by atoms with Crippen molar-refractivity contribution in [3.63, 3.8) is 0 Å². The zero-order valence-electron chi connectivity index (χ0n) is 12.6. The number of fused-ring (bicyclic) bond motifs is 1. The molecule has 10 heteroatoms. The van der Waals surface area contributed by atoms with Crippen LogP contribution in [0.3, 0.4) is 0 Å². The molecule has 1 aliphatic heterocycles. The smallest absolute Gasteiger partial charge is 0.356 e. The molecule has 2 heterocycles. The molecule has 0 amide bonds. The molecule has 0 saturated carbocycles. The number of pyridine rings is 1. The summed E-state index contributed by atoms with van der Waals surface area (Å²) in [6.07, 6.45) is 0. The lowest BCUT2D eigenvalue weighted by Gasteiger charge is -2.10. The summed E-state index contributed by atoms with van der Waals surface area (Å²) in [6, 6.07) is 5.34. The Bertz CT molecular complexity index is 902. The number of hydrogen-bond donors (Lipinski definition) is 2. The number of hydrogen-bond acceptors (Lipinski definition) is 6. The van der Waals surface area contributed by atoms with E-state index >= 15 is 0 Å². The van der Waals surface area contributed by atoms with E-state index in [4.69, 9.17) is 49.4 Å². The van der Waals surface area contributed by atoms with Crippen LogP contribution >= 0.6 is 34.8 Å². The maximum atomic E-state index is 11.2. The van der Waals surface area contributed by atoms with E-state index < -0.39 is 11.7 Å². The average Bonchev–Trinajstić information content (AvgIpc) is 3.05. The molecule has 0 unspecified atom stereocenters. The molecule has 0 radical (unpaired) electrons. The largest absolute Gasteiger partial charge is 0.476 e. The first-order valence-corrected chi connectivity index (χ1v) is 8.00. The molecule has 25 heavy (non-hydrogen) atoms. The van der Waals surface area contributed by atoms with Gasteiger partial charge in [-0.1, -0.05) is 34.8 Å². The minimum Gasteiger partial charge on any atom is -0.476 e. The molecule has 7 nitrogen and oxygen atoms in total. The average molecular weight is 403 g/mol. The van der Waals surface area contributed by atoms with Gasteiger partial charge >= 0.3 is 5.97 Å². The van der Waals surface area contributed by atoms with Crippen molar-refractivity contribution < 1.29 is 19.4 Å². The van der Waals surface area contributed by atoms with Gasteiger partial charge in [0, 0.05) is 5.56 Å². The molecule has 0 spiro atoms. The first-order chi connectivity index (χ1) is 11.9. The monoisotopic (exact) mass is 401 g/mol. The lowest BCUT2D eigenvalue weighted by Crippen LogP contribution is -2.06. The van der Waals surface area contributed by atoms with E-state index in [1.807, 2.05) is 0 Å². The number of benzene rings is 1. The Balaban J connectivity index is 1.92. The van der Waals surface area contributed by atoms with Gasteiger partial charge in [-0.15, -0.1) is 0 Å². The fourth-order valence-electron chi connectivity index (χ4n) is 2.08. The Kier molecular flexibility index (Phi) is 4.89. The molecule has 1 aromatic heterocycles. The summed E-state index contributed by atoms with van der Waals surface area (Å²) in [5.41, 5.74) is 3.63. The van der Waals surface area contributed by atoms with Gasteiger partial charge in [-0.2, -0.15) is 5.10 Å². The number of nitrogens with one attached hydrogen (secondary N) is 1. The van der Waals surface area contributed by atoms with E-state index in [0.29, 0.717) is 17.2 Å². The van der Waals surface area contributed by atoms with Crippen LogP contribution in [0.2, 0.25) is 15.2 Å². The van der Waals surface area contributed by atoms with Crippen molar-refractivity contribution in [1.82, 2.24) is 4.98 Å². The third-order valence-electron chi connectivity index (χ3n) is 3.37. The Morgan fingerprint density at radius 3 is 2.68 bits per heavy atom. The van der Waals surface area contributed by atoms with Crippen LogP contribution in [-0.2, 0) is 0 Å². The van der Waals surface area contributed by atoms with Crippen molar-refractivity contribution in [2.75, 3.05) is 12.2 Å². The van der Waals surface area contributed by atoms with Crippen LogP contribution in [0.15, 0.2) is 23.3 Å². The number of aromatic carboxylic acids is 1. The standard InChI is InChI=1S/C15H10Cl3N3O4/c1-6(7-2-3-8-9(4-7)25-5-24-8)20-21-12-10(16)13(15(22)23)19-14(18)11(12)17/h2-4H,5H2,1H3,(H,19,21)(H,22,23)/b20-6-. The number of carbonyl (C=O) groups is 1. The number of aromatic nitrogens is 1. The van der Waals surface area contributed by atoms with Crippen molar-refractivity contribution in [1.29, 1.82) is 0 Å². The van der Waals surface area contributed by atoms with Crippen molar-refractivity contribution in [2.24, 2.45) is 5.10 Å². The van der Waals surface area contributed by atoms with Gasteiger partial charge in [0.25, 0.3) is 0 Å². The molecule has 0 bridgehead atoms. The highest BCUT2D eigenvalue weighted by atomic mass is 35.5. The number of anilines is 1. The third-order valence-corrected chi connectivity index (χ3v) is 4.47. The first kappa shape index (κ1) is 17.6. The van der Waals surface area contributed by atoms with Gasteiger partial charge in [-0.25, -0.2) is 9.78 Å².